The third kappa shape index (κ3) is 4.25. The number of nitrogens with zero attached hydrogens (tertiary/aromatic N) is 4. The second kappa shape index (κ2) is 8.48. The Morgan fingerprint density at radius 2 is 1.74 bits per heavy atom. The van der Waals surface area contributed by atoms with Gasteiger partial charge in [0.25, 0.3) is 5.91 Å². The Labute approximate surface area is 187 Å². The number of allylic oxidation sites excluding steroid dienone is 1. The molecule has 1 aliphatic carbocycles. The molecule has 2 aromatic rings. The van der Waals surface area contributed by atoms with Crippen molar-refractivity contribution in [2.24, 2.45) is 12.8 Å². The van der Waals surface area contributed by atoms with Gasteiger partial charge in [-0.2, -0.15) is 0 Å². The third-order valence-electron chi connectivity index (χ3n) is 6.04. The standard InChI is InChI=1S/C23H28ClN5O2/c1-3-4-5-18-26-19(20(24)27(18)2)16-6-8-17(9-7-16)21(30)28-12-14-29(15-13-28)22(31)23(25)10-11-23/h4-9H,3,10-15,25H2,1-2H3/b5-4-. The van der Waals surface area contributed by atoms with Gasteiger partial charge in [-0.15, -0.1) is 0 Å². The summed E-state index contributed by atoms with van der Waals surface area (Å²) in [5, 5.41) is 0.559. The van der Waals surface area contributed by atoms with E-state index in [1.165, 1.54) is 0 Å². The molecule has 31 heavy (non-hydrogen) atoms. The van der Waals surface area contributed by atoms with Crippen LogP contribution in [0.5, 0.6) is 0 Å². The van der Waals surface area contributed by atoms with E-state index in [1.807, 2.05) is 35.9 Å². The topological polar surface area (TPSA) is 84.5 Å². The van der Waals surface area contributed by atoms with Crippen LogP contribution in [0.4, 0.5) is 0 Å². The lowest BCUT2D eigenvalue weighted by Gasteiger charge is -2.36. The number of halogens is 1. The zero-order valence-electron chi connectivity index (χ0n) is 18.0. The van der Waals surface area contributed by atoms with Crippen molar-refractivity contribution in [1.82, 2.24) is 19.4 Å². The molecule has 0 spiro atoms. The lowest BCUT2D eigenvalue weighted by Crippen LogP contribution is -2.55. The number of rotatable bonds is 5. The van der Waals surface area contributed by atoms with Crippen LogP contribution in [-0.4, -0.2) is 62.9 Å². The molecule has 4 rings (SSSR count). The molecule has 1 saturated carbocycles. The summed E-state index contributed by atoms with van der Waals surface area (Å²) >= 11 is 6.48. The predicted octanol–water partition coefficient (Wildman–Crippen LogP) is 2.94. The van der Waals surface area contributed by atoms with Gasteiger partial charge in [-0.25, -0.2) is 4.98 Å². The maximum atomic E-state index is 12.9. The smallest absolute Gasteiger partial charge is 0.253 e. The van der Waals surface area contributed by atoms with Gasteiger partial charge >= 0.3 is 0 Å². The third-order valence-corrected chi connectivity index (χ3v) is 6.47. The second-order valence-corrected chi connectivity index (χ2v) is 8.65. The van der Waals surface area contributed by atoms with Gasteiger partial charge < -0.3 is 20.1 Å². The van der Waals surface area contributed by atoms with Gasteiger partial charge in [0.2, 0.25) is 5.91 Å². The van der Waals surface area contributed by atoms with Crippen LogP contribution in [0, 0.1) is 0 Å². The van der Waals surface area contributed by atoms with E-state index in [1.54, 1.807) is 21.9 Å². The van der Waals surface area contributed by atoms with Crippen molar-refractivity contribution in [2.75, 3.05) is 26.2 Å². The Kier molecular flexibility index (Phi) is 5.90. The molecule has 2 N–H and O–H groups in total. The number of hydrogen-bond acceptors (Lipinski definition) is 4. The van der Waals surface area contributed by atoms with Crippen LogP contribution in [0.1, 0.15) is 42.4 Å². The minimum Gasteiger partial charge on any atom is -0.338 e. The van der Waals surface area contributed by atoms with E-state index in [0.29, 0.717) is 42.6 Å². The van der Waals surface area contributed by atoms with E-state index >= 15 is 0 Å². The monoisotopic (exact) mass is 441 g/mol. The Morgan fingerprint density at radius 1 is 1.13 bits per heavy atom. The maximum Gasteiger partial charge on any atom is 0.253 e. The van der Waals surface area contributed by atoms with Crippen molar-refractivity contribution >= 4 is 29.5 Å². The molecule has 7 nitrogen and oxygen atoms in total. The van der Waals surface area contributed by atoms with Gasteiger partial charge in [0.15, 0.2) is 0 Å². The molecular weight excluding hydrogens is 414 g/mol. The minimum atomic E-state index is -0.652. The first-order valence-corrected chi connectivity index (χ1v) is 11.1. The highest BCUT2D eigenvalue weighted by atomic mass is 35.5. The number of amides is 2. The molecule has 1 aliphatic heterocycles. The molecule has 1 saturated heterocycles. The Hall–Kier alpha value is -2.64. The van der Waals surface area contributed by atoms with Crippen molar-refractivity contribution in [3.8, 4) is 11.3 Å². The molecule has 1 aromatic carbocycles. The zero-order chi connectivity index (χ0) is 22.2. The van der Waals surface area contributed by atoms with Crippen LogP contribution >= 0.6 is 11.6 Å². The summed E-state index contributed by atoms with van der Waals surface area (Å²) in [6.07, 6.45) is 6.43. The van der Waals surface area contributed by atoms with E-state index in [0.717, 1.165) is 30.7 Å². The van der Waals surface area contributed by atoms with Crippen LogP contribution in [0.15, 0.2) is 30.3 Å². The van der Waals surface area contributed by atoms with E-state index in [-0.39, 0.29) is 11.8 Å². The van der Waals surface area contributed by atoms with Crippen LogP contribution in [-0.2, 0) is 11.8 Å². The summed E-state index contributed by atoms with van der Waals surface area (Å²) in [7, 11) is 1.88. The SMILES string of the molecule is CC/C=C\c1nc(-c2ccc(C(=O)N3CCN(C(=O)C4(N)CC4)CC3)cc2)c(Cl)n1C. The number of imidazole rings is 1. The fraction of sp³-hybridized carbons (Fsp3) is 0.435. The molecule has 2 fully saturated rings. The van der Waals surface area contributed by atoms with Gasteiger partial charge in [-0.3, -0.25) is 9.59 Å². The molecule has 1 aromatic heterocycles. The van der Waals surface area contributed by atoms with Gasteiger partial charge in [-0.05, 0) is 37.5 Å². The van der Waals surface area contributed by atoms with Crippen molar-refractivity contribution < 1.29 is 9.59 Å². The summed E-state index contributed by atoms with van der Waals surface area (Å²) in [4.78, 5) is 33.5. The average Bonchev–Trinajstić information content (AvgIpc) is 3.49. The van der Waals surface area contributed by atoms with E-state index in [9.17, 15) is 9.59 Å². The highest BCUT2D eigenvalue weighted by Gasteiger charge is 2.48. The van der Waals surface area contributed by atoms with Gasteiger partial charge in [-0.1, -0.05) is 36.7 Å². The molecule has 164 valence electrons. The molecule has 2 amide bonds. The van der Waals surface area contributed by atoms with Gasteiger partial charge in [0, 0.05) is 44.4 Å². The molecule has 0 radical (unpaired) electrons. The van der Waals surface area contributed by atoms with Crippen molar-refractivity contribution in [2.45, 2.75) is 31.7 Å². The van der Waals surface area contributed by atoms with Crippen LogP contribution in [0.2, 0.25) is 5.15 Å². The number of aromatic nitrogens is 2. The average molecular weight is 442 g/mol. The number of carbonyl (C=O) groups is 2. The summed E-state index contributed by atoms with van der Waals surface area (Å²) in [5.74, 6) is 0.774. The fourth-order valence-corrected chi connectivity index (χ4v) is 4.02. The first-order chi connectivity index (χ1) is 14.8. The normalized spacial score (nSPS) is 17.9. The largest absolute Gasteiger partial charge is 0.338 e. The van der Waals surface area contributed by atoms with Crippen molar-refractivity contribution in [3.63, 3.8) is 0 Å². The van der Waals surface area contributed by atoms with Crippen LogP contribution < -0.4 is 5.73 Å². The molecule has 0 bridgehead atoms. The first kappa shape index (κ1) is 21.6. The predicted molar refractivity (Wildman–Crippen MR) is 122 cm³/mol. The lowest BCUT2D eigenvalue weighted by molar-refractivity contribution is -0.135. The molecule has 0 unspecified atom stereocenters. The number of nitrogens with two attached hydrogens (primary N) is 1. The molecule has 8 heteroatoms. The van der Waals surface area contributed by atoms with Gasteiger partial charge in [0.05, 0.1) is 5.54 Å². The van der Waals surface area contributed by atoms with Crippen LogP contribution in [0.3, 0.4) is 0 Å². The molecule has 2 aliphatic rings. The summed E-state index contributed by atoms with van der Waals surface area (Å²) < 4.78 is 1.84. The number of hydrogen-bond donors (Lipinski definition) is 1. The minimum absolute atomic E-state index is 0.0179. The van der Waals surface area contributed by atoms with Crippen LogP contribution in [0.25, 0.3) is 17.3 Å². The van der Waals surface area contributed by atoms with E-state index < -0.39 is 5.54 Å². The Balaban J connectivity index is 1.42. The highest BCUT2D eigenvalue weighted by molar-refractivity contribution is 6.32. The Morgan fingerprint density at radius 3 is 2.32 bits per heavy atom. The number of piperazine rings is 1. The van der Waals surface area contributed by atoms with E-state index in [4.69, 9.17) is 17.3 Å². The lowest BCUT2D eigenvalue weighted by atomic mass is 10.1. The maximum absolute atomic E-state index is 12.9. The van der Waals surface area contributed by atoms with Gasteiger partial charge in [0.1, 0.15) is 16.7 Å². The second-order valence-electron chi connectivity index (χ2n) is 8.30. The van der Waals surface area contributed by atoms with Crippen molar-refractivity contribution in [1.29, 1.82) is 0 Å². The fourth-order valence-electron chi connectivity index (χ4n) is 3.78. The first-order valence-electron chi connectivity index (χ1n) is 10.7. The van der Waals surface area contributed by atoms with Crippen molar-refractivity contribution in [3.05, 3.63) is 46.9 Å². The Bertz CT molecular complexity index is 1020. The number of benzene rings is 1. The zero-order valence-corrected chi connectivity index (χ0v) is 18.7. The quantitative estimate of drug-likeness (QED) is 0.773. The molecular formula is C23H28ClN5O2. The van der Waals surface area contributed by atoms with E-state index in [2.05, 4.69) is 11.9 Å². The summed E-state index contributed by atoms with van der Waals surface area (Å²) in [6.45, 7) is 4.15. The molecule has 2 heterocycles. The number of carbonyl (C=O) groups excluding carboxylic acids is 2. The summed E-state index contributed by atoms with van der Waals surface area (Å²) in [6, 6.07) is 7.36. The highest BCUT2D eigenvalue weighted by Crippen LogP contribution is 2.34. The summed E-state index contributed by atoms with van der Waals surface area (Å²) in [5.41, 5.74) is 7.54. The molecule has 0 atom stereocenters.